The summed E-state index contributed by atoms with van der Waals surface area (Å²) in [6.07, 6.45) is 1.56. The summed E-state index contributed by atoms with van der Waals surface area (Å²) in [7, 11) is 0. The van der Waals surface area contributed by atoms with Crippen LogP contribution in [0.1, 0.15) is 5.56 Å². The fourth-order valence-electron chi connectivity index (χ4n) is 3.00. The van der Waals surface area contributed by atoms with Crippen LogP contribution in [0, 0.1) is 5.82 Å². The molecule has 5 nitrogen and oxygen atoms in total. The molecule has 0 spiro atoms. The highest BCUT2D eigenvalue weighted by atomic mass is 19.1. The van der Waals surface area contributed by atoms with E-state index in [0.717, 1.165) is 0 Å². The first-order valence-corrected chi connectivity index (χ1v) is 7.84. The average Bonchev–Trinajstić information content (AvgIpc) is 2.93. The van der Waals surface area contributed by atoms with Gasteiger partial charge in [-0.2, -0.15) is 0 Å². The maximum Gasteiger partial charge on any atom is 0.332 e. The Balaban J connectivity index is 1.67. The number of aromatic nitrogens is 1. The molecule has 0 N–H and O–H groups in total. The average molecular weight is 335 g/mol. The predicted octanol–water partition coefficient (Wildman–Crippen LogP) is 3.34. The van der Waals surface area contributed by atoms with Gasteiger partial charge in [-0.1, -0.05) is 24.3 Å². The molecule has 1 aliphatic rings. The number of halogens is 1. The highest BCUT2D eigenvalue weighted by molar-refractivity contribution is 6.12. The first-order chi connectivity index (χ1) is 12.1. The smallest absolute Gasteiger partial charge is 0.285 e. The van der Waals surface area contributed by atoms with Crippen molar-refractivity contribution in [3.63, 3.8) is 0 Å². The van der Waals surface area contributed by atoms with Crippen molar-refractivity contribution < 1.29 is 14.0 Å². The zero-order valence-electron chi connectivity index (χ0n) is 13.2. The lowest BCUT2D eigenvalue weighted by Crippen LogP contribution is -2.32. The van der Waals surface area contributed by atoms with Crippen LogP contribution in [0.3, 0.4) is 0 Å². The van der Waals surface area contributed by atoms with Crippen LogP contribution >= 0.6 is 0 Å². The first-order valence-electron chi connectivity index (χ1n) is 7.84. The quantitative estimate of drug-likeness (QED) is 0.690. The Labute approximate surface area is 143 Å². The van der Waals surface area contributed by atoms with E-state index < -0.39 is 0 Å². The molecule has 6 heteroatoms. The monoisotopic (exact) mass is 335 g/mol. The molecule has 1 aliphatic heterocycles. The normalized spacial score (nSPS) is 14.6. The predicted molar refractivity (Wildman–Crippen MR) is 91.4 cm³/mol. The van der Waals surface area contributed by atoms with Crippen LogP contribution in [0.5, 0.6) is 0 Å². The van der Waals surface area contributed by atoms with Crippen molar-refractivity contribution in [2.75, 3.05) is 11.4 Å². The van der Waals surface area contributed by atoms with E-state index in [9.17, 15) is 14.0 Å². The largest absolute Gasteiger partial charge is 0.332 e. The van der Waals surface area contributed by atoms with E-state index >= 15 is 0 Å². The van der Waals surface area contributed by atoms with E-state index in [1.807, 2.05) is 18.2 Å². The summed E-state index contributed by atoms with van der Waals surface area (Å²) >= 11 is 0. The maximum absolute atomic E-state index is 13.9. The molecule has 3 aromatic rings. The summed E-state index contributed by atoms with van der Waals surface area (Å²) in [4.78, 5) is 31.8. The van der Waals surface area contributed by atoms with Gasteiger partial charge in [-0.05, 0) is 35.9 Å². The van der Waals surface area contributed by atoms with Crippen LogP contribution in [-0.4, -0.2) is 28.4 Å². The van der Waals surface area contributed by atoms with Gasteiger partial charge in [0.25, 0.3) is 5.91 Å². The molecule has 124 valence electrons. The lowest BCUT2D eigenvalue weighted by molar-refractivity contribution is -0.125. The number of imide groups is 1. The van der Waals surface area contributed by atoms with E-state index in [1.165, 1.54) is 15.9 Å². The Morgan fingerprint density at radius 2 is 1.80 bits per heavy atom. The summed E-state index contributed by atoms with van der Waals surface area (Å²) in [5.41, 5.74) is 1.76. The number of urea groups is 1. The third-order valence-corrected chi connectivity index (χ3v) is 4.25. The number of carbonyl (C=O) groups is 2. The molecule has 4 rings (SSSR count). The maximum atomic E-state index is 13.9. The number of hydrogen-bond acceptors (Lipinski definition) is 3. The molecule has 1 fully saturated rings. The minimum Gasteiger partial charge on any atom is -0.285 e. The second-order valence-electron chi connectivity index (χ2n) is 5.79. The molecule has 0 unspecified atom stereocenters. The van der Waals surface area contributed by atoms with Crippen LogP contribution in [0.2, 0.25) is 0 Å². The molecule has 0 bridgehead atoms. The minimum atomic E-state index is -0.385. The SMILES string of the molecule is O=C1CN(c2ccccc2)C(=O)N1Cc1ccc(F)c2cccnc12. The second kappa shape index (κ2) is 5.98. The Bertz CT molecular complexity index is 975. The Morgan fingerprint density at radius 3 is 2.60 bits per heavy atom. The number of nitrogens with zero attached hydrogens (tertiary/aromatic N) is 3. The molecule has 0 aliphatic carbocycles. The van der Waals surface area contributed by atoms with E-state index in [-0.39, 0.29) is 30.8 Å². The molecular formula is C19H14FN3O2. The van der Waals surface area contributed by atoms with Gasteiger partial charge in [0.2, 0.25) is 0 Å². The van der Waals surface area contributed by atoms with E-state index in [0.29, 0.717) is 22.2 Å². The molecule has 2 heterocycles. The number of para-hydroxylation sites is 1. The molecule has 0 atom stereocenters. The van der Waals surface area contributed by atoms with Gasteiger partial charge in [-0.25, -0.2) is 9.18 Å². The van der Waals surface area contributed by atoms with Crippen molar-refractivity contribution in [1.29, 1.82) is 0 Å². The Hall–Kier alpha value is -3.28. The molecule has 0 saturated carbocycles. The van der Waals surface area contributed by atoms with Crippen molar-refractivity contribution in [1.82, 2.24) is 9.88 Å². The Morgan fingerprint density at radius 1 is 1.00 bits per heavy atom. The zero-order chi connectivity index (χ0) is 17.4. The summed E-state index contributed by atoms with van der Waals surface area (Å²) in [6.45, 7) is 0.0597. The minimum absolute atomic E-state index is 0.00456. The molecule has 1 saturated heterocycles. The summed E-state index contributed by atoms with van der Waals surface area (Å²) in [6, 6.07) is 14.8. The molecule has 0 radical (unpaired) electrons. The highest BCUT2D eigenvalue weighted by Crippen LogP contribution is 2.25. The number of benzene rings is 2. The van der Waals surface area contributed by atoms with Gasteiger partial charge in [0.1, 0.15) is 12.4 Å². The van der Waals surface area contributed by atoms with Gasteiger partial charge < -0.3 is 0 Å². The molecular weight excluding hydrogens is 321 g/mol. The van der Waals surface area contributed by atoms with Gasteiger partial charge in [0.15, 0.2) is 0 Å². The second-order valence-corrected chi connectivity index (χ2v) is 5.79. The third-order valence-electron chi connectivity index (χ3n) is 4.25. The fourth-order valence-corrected chi connectivity index (χ4v) is 3.00. The van der Waals surface area contributed by atoms with E-state index in [1.54, 1.807) is 36.5 Å². The van der Waals surface area contributed by atoms with Gasteiger partial charge in [0, 0.05) is 17.3 Å². The van der Waals surface area contributed by atoms with Crippen LogP contribution in [-0.2, 0) is 11.3 Å². The number of amides is 3. The fraction of sp³-hybridized carbons (Fsp3) is 0.105. The van der Waals surface area contributed by atoms with Gasteiger partial charge in [-0.15, -0.1) is 0 Å². The lowest BCUT2D eigenvalue weighted by Gasteiger charge is -2.17. The van der Waals surface area contributed by atoms with Crippen LogP contribution in [0.15, 0.2) is 60.8 Å². The third kappa shape index (κ3) is 2.61. The van der Waals surface area contributed by atoms with Gasteiger partial charge >= 0.3 is 6.03 Å². The van der Waals surface area contributed by atoms with Crippen LogP contribution < -0.4 is 4.90 Å². The van der Waals surface area contributed by atoms with Gasteiger partial charge in [-0.3, -0.25) is 19.6 Å². The van der Waals surface area contributed by atoms with E-state index in [4.69, 9.17) is 0 Å². The lowest BCUT2D eigenvalue weighted by atomic mass is 10.1. The molecule has 2 aromatic carbocycles. The molecule has 25 heavy (non-hydrogen) atoms. The van der Waals surface area contributed by atoms with Crippen LogP contribution in [0.4, 0.5) is 14.9 Å². The number of anilines is 1. The van der Waals surface area contributed by atoms with Crippen molar-refractivity contribution in [2.45, 2.75) is 6.54 Å². The zero-order valence-corrected chi connectivity index (χ0v) is 13.2. The van der Waals surface area contributed by atoms with Crippen LogP contribution in [0.25, 0.3) is 10.9 Å². The number of carbonyl (C=O) groups excluding carboxylic acids is 2. The van der Waals surface area contributed by atoms with Crippen molar-refractivity contribution in [3.05, 3.63) is 72.2 Å². The van der Waals surface area contributed by atoms with Gasteiger partial charge in [0.05, 0.1) is 12.1 Å². The highest BCUT2D eigenvalue weighted by Gasteiger charge is 2.37. The summed E-state index contributed by atoms with van der Waals surface area (Å²) in [5, 5.41) is 0.374. The van der Waals surface area contributed by atoms with E-state index in [2.05, 4.69) is 4.98 Å². The van der Waals surface area contributed by atoms with Crippen molar-refractivity contribution >= 4 is 28.5 Å². The Kier molecular flexibility index (Phi) is 3.65. The molecule has 3 amide bonds. The molecule has 1 aromatic heterocycles. The summed E-state index contributed by atoms with van der Waals surface area (Å²) in [5.74, 6) is -0.668. The number of pyridine rings is 1. The number of hydrogen-bond donors (Lipinski definition) is 0. The first kappa shape index (κ1) is 15.3. The number of rotatable bonds is 3. The summed E-state index contributed by atoms with van der Waals surface area (Å²) < 4.78 is 13.9. The van der Waals surface area contributed by atoms with Crippen molar-refractivity contribution in [2.24, 2.45) is 0 Å². The topological polar surface area (TPSA) is 53.5 Å². The standard InChI is InChI=1S/C19H14FN3O2/c20-16-9-8-13(18-15(16)7-4-10-21-18)11-23-17(24)12-22(19(23)25)14-5-2-1-3-6-14/h1-10H,11-12H2. The van der Waals surface area contributed by atoms with Crippen molar-refractivity contribution in [3.8, 4) is 0 Å². The number of fused-ring (bicyclic) bond motifs is 1.